The van der Waals surface area contributed by atoms with E-state index in [-0.39, 0.29) is 0 Å². The predicted molar refractivity (Wildman–Crippen MR) is 53.3 cm³/mol. The average molecular weight is 255 g/mol. The first kappa shape index (κ1) is 13.3. The summed E-state index contributed by atoms with van der Waals surface area (Å²) in [5.41, 5.74) is 0.353. The van der Waals surface area contributed by atoms with Crippen molar-refractivity contribution in [2.24, 2.45) is 0 Å². The molecule has 2 nitrogen and oxygen atoms in total. The van der Waals surface area contributed by atoms with E-state index in [0.29, 0.717) is 10.6 Å². The van der Waals surface area contributed by atoms with Gasteiger partial charge in [0.15, 0.2) is 0 Å². The quantitative estimate of drug-likeness (QED) is 0.895. The molecule has 1 unspecified atom stereocenters. The molecule has 0 spiro atoms. The van der Waals surface area contributed by atoms with Crippen molar-refractivity contribution < 1.29 is 23.0 Å². The second kappa shape index (κ2) is 5.52. The van der Waals surface area contributed by atoms with Crippen LogP contribution in [-0.2, 0) is 4.74 Å². The van der Waals surface area contributed by atoms with Crippen molar-refractivity contribution in [1.82, 2.24) is 0 Å². The van der Waals surface area contributed by atoms with Gasteiger partial charge in [-0.25, -0.2) is 0 Å². The number of aliphatic hydroxyl groups is 1. The largest absolute Gasteiger partial charge is 0.411 e. The van der Waals surface area contributed by atoms with Gasteiger partial charge >= 0.3 is 6.18 Å². The molecule has 1 rings (SSSR count). The topological polar surface area (TPSA) is 29.5 Å². The summed E-state index contributed by atoms with van der Waals surface area (Å²) >= 11 is 5.75. The lowest BCUT2D eigenvalue weighted by Gasteiger charge is -2.13. The van der Waals surface area contributed by atoms with E-state index < -0.39 is 25.5 Å². The molecule has 0 saturated carbocycles. The van der Waals surface area contributed by atoms with Gasteiger partial charge in [-0.1, -0.05) is 29.8 Å². The van der Waals surface area contributed by atoms with Crippen LogP contribution in [-0.4, -0.2) is 24.5 Å². The molecule has 16 heavy (non-hydrogen) atoms. The first-order chi connectivity index (χ1) is 7.40. The highest BCUT2D eigenvalue weighted by Gasteiger charge is 2.28. The minimum atomic E-state index is -4.39. The smallest absolute Gasteiger partial charge is 0.386 e. The number of halogens is 4. The minimum absolute atomic E-state index is 0.297. The molecule has 0 aliphatic rings. The molecule has 0 saturated heterocycles. The van der Waals surface area contributed by atoms with Crippen LogP contribution in [0.1, 0.15) is 11.7 Å². The molecule has 0 bridgehead atoms. The van der Waals surface area contributed by atoms with Crippen molar-refractivity contribution in [1.29, 1.82) is 0 Å². The molecule has 1 aromatic rings. The summed E-state index contributed by atoms with van der Waals surface area (Å²) in [7, 11) is 0. The van der Waals surface area contributed by atoms with Crippen LogP contribution in [0.5, 0.6) is 0 Å². The van der Waals surface area contributed by atoms with Crippen LogP contribution in [0.4, 0.5) is 13.2 Å². The summed E-state index contributed by atoms with van der Waals surface area (Å²) < 4.78 is 39.6. The highest BCUT2D eigenvalue weighted by molar-refractivity contribution is 6.31. The molecule has 1 N–H and O–H groups in total. The molecule has 1 atom stereocenters. The lowest BCUT2D eigenvalue weighted by Crippen LogP contribution is -2.19. The number of rotatable bonds is 4. The number of aliphatic hydroxyl groups excluding tert-OH is 1. The number of benzene rings is 1. The Morgan fingerprint density at radius 3 is 2.50 bits per heavy atom. The minimum Gasteiger partial charge on any atom is -0.386 e. The van der Waals surface area contributed by atoms with E-state index in [1.807, 2.05) is 0 Å². The summed E-state index contributed by atoms with van der Waals surface area (Å²) in [5, 5.41) is 9.82. The van der Waals surface area contributed by atoms with E-state index in [2.05, 4.69) is 4.74 Å². The summed E-state index contributed by atoms with van der Waals surface area (Å²) in [6.07, 6.45) is -5.55. The van der Waals surface area contributed by atoms with Crippen LogP contribution >= 0.6 is 11.6 Å². The van der Waals surface area contributed by atoms with E-state index >= 15 is 0 Å². The van der Waals surface area contributed by atoms with E-state index in [0.717, 1.165) is 0 Å². The molecule has 0 fully saturated rings. The van der Waals surface area contributed by atoms with Crippen molar-refractivity contribution in [2.75, 3.05) is 13.2 Å². The zero-order chi connectivity index (χ0) is 12.2. The standard InChI is InChI=1S/C10H10ClF3O2/c11-8-4-2-1-3-7(8)9(15)5-16-6-10(12,13)14/h1-4,9,15H,5-6H2. The fourth-order valence-corrected chi connectivity index (χ4v) is 1.38. The Morgan fingerprint density at radius 1 is 1.31 bits per heavy atom. The summed E-state index contributed by atoms with van der Waals surface area (Å²) in [6.45, 7) is -1.82. The monoisotopic (exact) mass is 254 g/mol. The van der Waals surface area contributed by atoms with E-state index in [1.54, 1.807) is 18.2 Å². The van der Waals surface area contributed by atoms with E-state index in [4.69, 9.17) is 11.6 Å². The van der Waals surface area contributed by atoms with E-state index in [1.165, 1.54) is 6.07 Å². The predicted octanol–water partition coefficient (Wildman–Crippen LogP) is 2.95. The zero-order valence-corrected chi connectivity index (χ0v) is 8.92. The molecule has 0 radical (unpaired) electrons. The maximum Gasteiger partial charge on any atom is 0.411 e. The van der Waals surface area contributed by atoms with Crippen molar-refractivity contribution in [3.63, 3.8) is 0 Å². The van der Waals surface area contributed by atoms with Crippen LogP contribution in [0.2, 0.25) is 5.02 Å². The van der Waals surface area contributed by atoms with Gasteiger partial charge in [0.2, 0.25) is 0 Å². The average Bonchev–Trinajstić information content (AvgIpc) is 2.16. The molecule has 0 aromatic heterocycles. The molecule has 0 heterocycles. The summed E-state index contributed by atoms with van der Waals surface area (Å²) in [6, 6.07) is 6.37. The molecular formula is C10H10ClF3O2. The molecular weight excluding hydrogens is 245 g/mol. The number of hydrogen-bond donors (Lipinski definition) is 1. The third-order valence-electron chi connectivity index (χ3n) is 1.81. The summed E-state index contributed by atoms with van der Waals surface area (Å²) in [5.74, 6) is 0. The van der Waals surface area contributed by atoms with Crippen LogP contribution in [0.25, 0.3) is 0 Å². The fraction of sp³-hybridized carbons (Fsp3) is 0.400. The number of alkyl halides is 3. The Morgan fingerprint density at radius 2 is 1.94 bits per heavy atom. The maximum absolute atomic E-state index is 11.8. The van der Waals surface area contributed by atoms with Crippen molar-refractivity contribution in [3.8, 4) is 0 Å². The van der Waals surface area contributed by atoms with Gasteiger partial charge in [0.05, 0.1) is 6.61 Å². The normalized spacial score (nSPS) is 13.8. The van der Waals surface area contributed by atoms with Gasteiger partial charge in [-0.3, -0.25) is 0 Å². The van der Waals surface area contributed by atoms with Crippen LogP contribution < -0.4 is 0 Å². The van der Waals surface area contributed by atoms with Gasteiger partial charge in [-0.2, -0.15) is 13.2 Å². The third kappa shape index (κ3) is 4.38. The molecule has 6 heteroatoms. The SMILES string of the molecule is OC(COCC(F)(F)F)c1ccccc1Cl. The van der Waals surface area contributed by atoms with Crippen molar-refractivity contribution >= 4 is 11.6 Å². The maximum atomic E-state index is 11.8. The molecule has 0 aliphatic heterocycles. The van der Waals surface area contributed by atoms with Gasteiger partial charge in [0.1, 0.15) is 12.7 Å². The zero-order valence-electron chi connectivity index (χ0n) is 8.17. The molecule has 0 aliphatic carbocycles. The Labute approximate surface area is 95.6 Å². The van der Waals surface area contributed by atoms with Gasteiger partial charge in [-0.05, 0) is 6.07 Å². The highest BCUT2D eigenvalue weighted by atomic mass is 35.5. The second-order valence-corrected chi connectivity index (χ2v) is 3.57. The molecule has 90 valence electrons. The van der Waals surface area contributed by atoms with Crippen LogP contribution in [0.3, 0.4) is 0 Å². The van der Waals surface area contributed by atoms with E-state index in [9.17, 15) is 18.3 Å². The number of ether oxygens (including phenoxy) is 1. The lowest BCUT2D eigenvalue weighted by atomic mass is 10.1. The number of hydrogen-bond acceptors (Lipinski definition) is 2. The third-order valence-corrected chi connectivity index (χ3v) is 2.15. The Bertz CT molecular complexity index is 341. The van der Waals surface area contributed by atoms with Crippen LogP contribution in [0.15, 0.2) is 24.3 Å². The Balaban J connectivity index is 2.47. The second-order valence-electron chi connectivity index (χ2n) is 3.17. The van der Waals surface area contributed by atoms with Crippen molar-refractivity contribution in [3.05, 3.63) is 34.9 Å². The van der Waals surface area contributed by atoms with Gasteiger partial charge in [0.25, 0.3) is 0 Å². The Kier molecular flexibility index (Phi) is 4.58. The van der Waals surface area contributed by atoms with Crippen molar-refractivity contribution in [2.45, 2.75) is 12.3 Å². The highest BCUT2D eigenvalue weighted by Crippen LogP contribution is 2.23. The van der Waals surface area contributed by atoms with Gasteiger partial charge < -0.3 is 9.84 Å². The summed E-state index contributed by atoms with van der Waals surface area (Å²) in [4.78, 5) is 0. The first-order valence-corrected chi connectivity index (χ1v) is 4.85. The fourth-order valence-electron chi connectivity index (χ4n) is 1.12. The van der Waals surface area contributed by atoms with Crippen LogP contribution in [0, 0.1) is 0 Å². The molecule has 0 amide bonds. The van der Waals surface area contributed by atoms with Gasteiger partial charge in [0, 0.05) is 10.6 Å². The Hall–Kier alpha value is -0.780. The van der Waals surface area contributed by atoms with Gasteiger partial charge in [-0.15, -0.1) is 0 Å². The molecule has 1 aromatic carbocycles. The lowest BCUT2D eigenvalue weighted by molar-refractivity contribution is -0.179. The first-order valence-electron chi connectivity index (χ1n) is 4.47.